The molecule has 0 aliphatic carbocycles. The maximum atomic E-state index is 11.3. The van der Waals surface area contributed by atoms with Crippen LogP contribution in [0.3, 0.4) is 0 Å². The molecule has 4 nitrogen and oxygen atoms in total. The number of ether oxygens (including phenoxy) is 1. The van der Waals surface area contributed by atoms with Gasteiger partial charge in [0, 0.05) is 17.0 Å². The molecule has 0 bridgehead atoms. The Morgan fingerprint density at radius 3 is 2.60 bits per heavy atom. The number of carboxylic acid groups (broad SMARTS) is 1. The summed E-state index contributed by atoms with van der Waals surface area (Å²) in [5.74, 6) is 0.439. The van der Waals surface area contributed by atoms with Crippen LogP contribution in [-0.4, -0.2) is 5.97 Å². The summed E-state index contributed by atoms with van der Waals surface area (Å²) < 4.78 is 8.13. The van der Waals surface area contributed by atoms with Crippen molar-refractivity contribution in [3.05, 3.63) is 66.2 Å². The normalized spacial score (nSPS) is 12.0. The van der Waals surface area contributed by atoms with E-state index >= 15 is 0 Å². The highest BCUT2D eigenvalue weighted by atomic mass is 16.5. The Hall–Kier alpha value is -3.40. The van der Waals surface area contributed by atoms with Gasteiger partial charge in [-0.15, -0.1) is 0 Å². The molecule has 0 atom stereocenters. The Morgan fingerprint density at radius 2 is 1.76 bits per heavy atom. The van der Waals surface area contributed by atoms with E-state index in [4.69, 9.17) is 4.74 Å². The molecular weight excluding hydrogens is 314 g/mol. The molecule has 4 aromatic rings. The van der Waals surface area contributed by atoms with E-state index in [2.05, 4.69) is 0 Å². The Bertz CT molecular complexity index is 1210. The van der Waals surface area contributed by atoms with Gasteiger partial charge in [0.2, 0.25) is 11.2 Å². The summed E-state index contributed by atoms with van der Waals surface area (Å²) >= 11 is 0. The van der Waals surface area contributed by atoms with E-state index in [1.165, 1.54) is 0 Å². The third kappa shape index (κ3) is 1.82. The van der Waals surface area contributed by atoms with Crippen molar-refractivity contribution in [3.63, 3.8) is 0 Å². The highest BCUT2D eigenvalue weighted by molar-refractivity contribution is 6.13. The number of pyridine rings is 1. The number of carboxylic acids is 1. The van der Waals surface area contributed by atoms with Crippen LogP contribution < -0.4 is 14.4 Å². The molecule has 1 aromatic heterocycles. The van der Waals surface area contributed by atoms with Gasteiger partial charge in [0.05, 0.1) is 22.3 Å². The van der Waals surface area contributed by atoms with E-state index in [0.717, 1.165) is 44.4 Å². The van der Waals surface area contributed by atoms with Crippen LogP contribution >= 0.6 is 0 Å². The van der Waals surface area contributed by atoms with Gasteiger partial charge in [-0.1, -0.05) is 30.3 Å². The van der Waals surface area contributed by atoms with E-state index in [1.807, 2.05) is 60.1 Å². The molecule has 0 saturated carbocycles. The van der Waals surface area contributed by atoms with E-state index < -0.39 is 5.97 Å². The Balaban J connectivity index is 2.03. The minimum absolute atomic E-state index is 0.172. The number of aryl methyl sites for hydroxylation is 1. The zero-order valence-corrected chi connectivity index (χ0v) is 13.4. The Morgan fingerprint density at radius 1 is 0.960 bits per heavy atom. The van der Waals surface area contributed by atoms with Crippen molar-refractivity contribution >= 4 is 27.6 Å². The number of para-hydroxylation sites is 1. The van der Waals surface area contributed by atoms with Gasteiger partial charge in [0.15, 0.2) is 0 Å². The van der Waals surface area contributed by atoms with Crippen LogP contribution in [0.15, 0.2) is 60.7 Å². The van der Waals surface area contributed by atoms with Gasteiger partial charge in [-0.2, -0.15) is 4.57 Å². The lowest BCUT2D eigenvalue weighted by atomic mass is 9.95. The molecule has 1 aliphatic heterocycles. The Labute approximate surface area is 143 Å². The Kier molecular flexibility index (Phi) is 2.69. The van der Waals surface area contributed by atoms with Crippen LogP contribution in [-0.2, 0) is 7.05 Å². The zero-order chi connectivity index (χ0) is 17.1. The predicted molar refractivity (Wildman–Crippen MR) is 92.5 cm³/mol. The summed E-state index contributed by atoms with van der Waals surface area (Å²) in [5, 5.41) is 14.4. The maximum Gasteiger partial charge on any atom is 0.228 e. The van der Waals surface area contributed by atoms with Gasteiger partial charge in [-0.05, 0) is 24.3 Å². The first-order chi connectivity index (χ1) is 12.1. The molecule has 0 fully saturated rings. The number of aromatic carboxylic acids is 1. The van der Waals surface area contributed by atoms with E-state index in [0.29, 0.717) is 0 Å². The lowest BCUT2D eigenvalue weighted by Crippen LogP contribution is -2.34. The average Bonchev–Trinajstić information content (AvgIpc) is 2.64. The SMILES string of the molecule is C[n+]1c2c3c(cccc3c3ccc(C(=O)[O-])cc31)Oc1ccccc1-2. The monoisotopic (exact) mass is 327 g/mol. The van der Waals surface area contributed by atoms with Crippen LogP contribution in [0.25, 0.3) is 32.9 Å². The minimum Gasteiger partial charge on any atom is -0.545 e. The third-order valence-electron chi connectivity index (χ3n) is 4.85. The smallest absolute Gasteiger partial charge is 0.228 e. The predicted octanol–water partition coefficient (Wildman–Crippen LogP) is 2.95. The second kappa shape index (κ2) is 4.80. The quantitative estimate of drug-likeness (QED) is 0.351. The molecule has 0 amide bonds. The number of fused-ring (bicyclic) bond motifs is 4. The molecule has 0 unspecified atom stereocenters. The van der Waals surface area contributed by atoms with Crippen molar-refractivity contribution in [1.29, 1.82) is 0 Å². The van der Waals surface area contributed by atoms with Crippen molar-refractivity contribution < 1.29 is 19.2 Å². The van der Waals surface area contributed by atoms with Crippen molar-refractivity contribution in [2.75, 3.05) is 0 Å². The molecule has 2 heterocycles. The largest absolute Gasteiger partial charge is 0.545 e. The number of aromatic nitrogens is 1. The number of rotatable bonds is 1. The number of benzene rings is 3. The topological polar surface area (TPSA) is 53.2 Å². The average molecular weight is 327 g/mol. The molecule has 0 N–H and O–H groups in total. The van der Waals surface area contributed by atoms with Crippen LogP contribution in [0.2, 0.25) is 0 Å². The second-order valence-corrected chi connectivity index (χ2v) is 6.20. The summed E-state index contributed by atoms with van der Waals surface area (Å²) in [5.41, 5.74) is 3.04. The van der Waals surface area contributed by atoms with Crippen molar-refractivity contribution in [2.24, 2.45) is 7.05 Å². The first-order valence-corrected chi connectivity index (χ1v) is 8.02. The lowest BCUT2D eigenvalue weighted by Gasteiger charge is -2.20. The summed E-state index contributed by atoms with van der Waals surface area (Å²) in [6.45, 7) is 0. The molecule has 4 heteroatoms. The van der Waals surface area contributed by atoms with E-state index in [-0.39, 0.29) is 5.56 Å². The molecule has 1 aliphatic rings. The fourth-order valence-corrected chi connectivity index (χ4v) is 3.72. The van der Waals surface area contributed by atoms with Crippen LogP contribution in [0.1, 0.15) is 10.4 Å². The molecule has 0 saturated heterocycles. The maximum absolute atomic E-state index is 11.3. The van der Waals surface area contributed by atoms with Crippen LogP contribution in [0, 0.1) is 0 Å². The van der Waals surface area contributed by atoms with Gasteiger partial charge in [-0.25, -0.2) is 0 Å². The summed E-state index contributed by atoms with van der Waals surface area (Å²) in [6, 6.07) is 18.9. The fourth-order valence-electron chi connectivity index (χ4n) is 3.72. The minimum atomic E-state index is -1.17. The fraction of sp³-hybridized carbons (Fsp3) is 0.0476. The van der Waals surface area contributed by atoms with Crippen molar-refractivity contribution in [1.82, 2.24) is 0 Å². The van der Waals surface area contributed by atoms with Gasteiger partial charge < -0.3 is 14.6 Å². The summed E-state index contributed by atoms with van der Waals surface area (Å²) in [7, 11) is 1.95. The molecule has 25 heavy (non-hydrogen) atoms. The first kappa shape index (κ1) is 14.0. The summed E-state index contributed by atoms with van der Waals surface area (Å²) in [6.07, 6.45) is 0. The van der Waals surface area contributed by atoms with Crippen molar-refractivity contribution in [2.45, 2.75) is 0 Å². The van der Waals surface area contributed by atoms with E-state index in [9.17, 15) is 9.90 Å². The number of carbonyl (C=O) groups is 1. The van der Waals surface area contributed by atoms with Crippen LogP contribution in [0.5, 0.6) is 11.5 Å². The molecule has 3 aromatic carbocycles. The number of nitrogens with zero attached hydrogens (tertiary/aromatic N) is 1. The van der Waals surface area contributed by atoms with Crippen molar-refractivity contribution in [3.8, 4) is 22.8 Å². The molecule has 0 spiro atoms. The molecular formula is C21H13NO3. The molecule has 120 valence electrons. The number of carbonyl (C=O) groups excluding carboxylic acids is 1. The zero-order valence-electron chi connectivity index (χ0n) is 13.4. The standard InChI is InChI=1S/C21H13NO3/c1-22-16-11-12(21(23)24)9-10-13(16)14-6-4-8-18-19(14)20(22)15-5-2-3-7-17(15)25-18/h2-11H,1H3. The lowest BCUT2D eigenvalue weighted by molar-refractivity contribution is -0.632. The first-order valence-electron chi connectivity index (χ1n) is 8.02. The van der Waals surface area contributed by atoms with Crippen LogP contribution in [0.4, 0.5) is 0 Å². The highest BCUT2D eigenvalue weighted by Gasteiger charge is 2.29. The van der Waals surface area contributed by atoms with Gasteiger partial charge in [-0.3, -0.25) is 0 Å². The number of hydrogen-bond donors (Lipinski definition) is 0. The van der Waals surface area contributed by atoms with Gasteiger partial charge >= 0.3 is 0 Å². The second-order valence-electron chi connectivity index (χ2n) is 6.20. The number of hydrogen-bond acceptors (Lipinski definition) is 3. The summed E-state index contributed by atoms with van der Waals surface area (Å²) in [4.78, 5) is 11.3. The third-order valence-corrected chi connectivity index (χ3v) is 4.85. The van der Waals surface area contributed by atoms with Gasteiger partial charge in [0.1, 0.15) is 18.5 Å². The van der Waals surface area contributed by atoms with Gasteiger partial charge in [0.25, 0.3) is 0 Å². The van der Waals surface area contributed by atoms with E-state index in [1.54, 1.807) is 12.1 Å². The molecule has 5 rings (SSSR count). The highest BCUT2D eigenvalue weighted by Crippen LogP contribution is 2.46. The molecule has 0 radical (unpaired) electrons.